The van der Waals surface area contributed by atoms with Crippen molar-refractivity contribution in [3.8, 4) is 5.75 Å². The van der Waals surface area contributed by atoms with E-state index < -0.39 is 0 Å². The summed E-state index contributed by atoms with van der Waals surface area (Å²) in [5.41, 5.74) is 3.67. The van der Waals surface area contributed by atoms with Gasteiger partial charge in [-0.3, -0.25) is 9.69 Å². The molecule has 2 aliphatic rings. The Bertz CT molecular complexity index is 1160. The number of halogens is 1. The summed E-state index contributed by atoms with van der Waals surface area (Å²) in [7, 11) is 3.78. The minimum Gasteiger partial charge on any atom is -0.497 e. The normalized spacial score (nSPS) is 18.0. The summed E-state index contributed by atoms with van der Waals surface area (Å²) in [4.78, 5) is 20.1. The standard InChI is InChI=1S/C27H33ClN4O2/c1-29-18-21(25-16-22(28)6-7-26(25)29)19-30-10-8-20(9-11-30)27(33)32-14-12-31(13-15-32)23-4-3-5-24(17-23)34-2/h3-7,16-18,20H,8-15,19H2,1-2H3. The molecule has 5 rings (SSSR count). The number of carbonyl (C=O) groups is 1. The van der Waals surface area contributed by atoms with Crippen molar-refractivity contribution in [2.45, 2.75) is 19.4 Å². The molecule has 6 nitrogen and oxygen atoms in total. The van der Waals surface area contributed by atoms with Crippen molar-refractivity contribution in [3.63, 3.8) is 0 Å². The summed E-state index contributed by atoms with van der Waals surface area (Å²) in [6.07, 6.45) is 4.07. The van der Waals surface area contributed by atoms with Crippen molar-refractivity contribution in [1.82, 2.24) is 14.4 Å². The minimum atomic E-state index is 0.140. The van der Waals surface area contributed by atoms with Crippen LogP contribution in [0, 0.1) is 5.92 Å². The van der Waals surface area contributed by atoms with E-state index in [1.165, 1.54) is 16.5 Å². The van der Waals surface area contributed by atoms with Gasteiger partial charge in [0.15, 0.2) is 0 Å². The highest BCUT2D eigenvalue weighted by Gasteiger charge is 2.30. The van der Waals surface area contributed by atoms with Crippen LogP contribution in [0.1, 0.15) is 18.4 Å². The maximum Gasteiger partial charge on any atom is 0.225 e. The number of rotatable bonds is 5. The van der Waals surface area contributed by atoms with Gasteiger partial charge in [0.25, 0.3) is 0 Å². The van der Waals surface area contributed by atoms with E-state index in [-0.39, 0.29) is 5.92 Å². The minimum absolute atomic E-state index is 0.140. The Hall–Kier alpha value is -2.70. The van der Waals surface area contributed by atoms with Crippen LogP contribution in [0.2, 0.25) is 5.02 Å². The Morgan fingerprint density at radius 2 is 1.79 bits per heavy atom. The van der Waals surface area contributed by atoms with Crippen molar-refractivity contribution in [2.75, 3.05) is 51.3 Å². The molecule has 180 valence electrons. The highest BCUT2D eigenvalue weighted by atomic mass is 35.5. The molecule has 0 bridgehead atoms. The first kappa shape index (κ1) is 23.1. The van der Waals surface area contributed by atoms with Crippen LogP contribution in [-0.4, -0.2) is 66.7 Å². The molecule has 3 heterocycles. The molecule has 2 saturated heterocycles. The number of aryl methyl sites for hydroxylation is 1. The van der Waals surface area contributed by atoms with Gasteiger partial charge in [-0.1, -0.05) is 17.7 Å². The van der Waals surface area contributed by atoms with E-state index in [0.29, 0.717) is 5.91 Å². The zero-order valence-electron chi connectivity index (χ0n) is 20.0. The smallest absolute Gasteiger partial charge is 0.225 e. The number of ether oxygens (including phenoxy) is 1. The molecule has 0 aliphatic carbocycles. The summed E-state index contributed by atoms with van der Waals surface area (Å²) in [5.74, 6) is 1.35. The van der Waals surface area contributed by atoms with Crippen molar-refractivity contribution in [1.29, 1.82) is 0 Å². The fourth-order valence-corrected chi connectivity index (χ4v) is 5.57. The number of amides is 1. The highest BCUT2D eigenvalue weighted by molar-refractivity contribution is 6.31. The van der Waals surface area contributed by atoms with Crippen molar-refractivity contribution < 1.29 is 9.53 Å². The first-order chi connectivity index (χ1) is 16.5. The molecular weight excluding hydrogens is 448 g/mol. The maximum atomic E-state index is 13.2. The SMILES string of the molecule is COc1cccc(N2CCN(C(=O)C3CCN(Cc4cn(C)c5ccc(Cl)cc45)CC3)CC2)c1. The van der Waals surface area contributed by atoms with Gasteiger partial charge in [-0.2, -0.15) is 0 Å². The molecule has 1 amide bonds. The fourth-order valence-electron chi connectivity index (χ4n) is 5.40. The lowest BCUT2D eigenvalue weighted by Gasteiger charge is -2.39. The van der Waals surface area contributed by atoms with E-state index >= 15 is 0 Å². The molecule has 34 heavy (non-hydrogen) atoms. The van der Waals surface area contributed by atoms with Gasteiger partial charge in [-0.25, -0.2) is 0 Å². The molecule has 2 aromatic carbocycles. The van der Waals surface area contributed by atoms with Crippen molar-refractivity contribution in [3.05, 3.63) is 59.2 Å². The summed E-state index contributed by atoms with van der Waals surface area (Å²) >= 11 is 6.25. The predicted molar refractivity (Wildman–Crippen MR) is 138 cm³/mol. The van der Waals surface area contributed by atoms with Crippen molar-refractivity contribution in [2.24, 2.45) is 13.0 Å². The van der Waals surface area contributed by atoms with Gasteiger partial charge in [0.05, 0.1) is 7.11 Å². The fraction of sp³-hybridized carbons (Fsp3) is 0.444. The van der Waals surface area contributed by atoms with E-state index in [2.05, 4.69) is 56.8 Å². The van der Waals surface area contributed by atoms with Crippen LogP contribution in [0.4, 0.5) is 5.69 Å². The topological polar surface area (TPSA) is 41.0 Å². The molecule has 0 N–H and O–H groups in total. The van der Waals surface area contributed by atoms with E-state index in [0.717, 1.165) is 75.1 Å². The third-order valence-electron chi connectivity index (χ3n) is 7.37. The highest BCUT2D eigenvalue weighted by Crippen LogP contribution is 2.28. The first-order valence-corrected chi connectivity index (χ1v) is 12.5. The monoisotopic (exact) mass is 480 g/mol. The van der Waals surface area contributed by atoms with Crippen LogP contribution in [0.3, 0.4) is 0 Å². The lowest BCUT2D eigenvalue weighted by atomic mass is 9.94. The molecule has 3 aromatic rings. The van der Waals surface area contributed by atoms with E-state index in [1.807, 2.05) is 18.2 Å². The number of hydrogen-bond donors (Lipinski definition) is 0. The summed E-state index contributed by atoms with van der Waals surface area (Å²) < 4.78 is 7.52. The number of piperidine rings is 1. The lowest BCUT2D eigenvalue weighted by Crippen LogP contribution is -2.51. The molecule has 7 heteroatoms. The molecule has 0 saturated carbocycles. The Morgan fingerprint density at radius 1 is 1.03 bits per heavy atom. The Balaban J connectivity index is 1.14. The molecule has 0 unspecified atom stereocenters. The number of aromatic nitrogens is 1. The first-order valence-electron chi connectivity index (χ1n) is 12.2. The number of nitrogens with zero attached hydrogens (tertiary/aromatic N) is 4. The quantitative estimate of drug-likeness (QED) is 0.542. The molecule has 1 aromatic heterocycles. The molecular formula is C27H33ClN4O2. The third kappa shape index (κ3) is 4.75. The summed E-state index contributed by atoms with van der Waals surface area (Å²) in [6, 6.07) is 14.3. The molecule has 0 spiro atoms. The van der Waals surface area contributed by atoms with Crippen molar-refractivity contribution >= 4 is 34.1 Å². The number of hydrogen-bond acceptors (Lipinski definition) is 4. The summed E-state index contributed by atoms with van der Waals surface area (Å²) in [5, 5.41) is 2.00. The Kier molecular flexibility index (Phi) is 6.70. The van der Waals surface area contributed by atoms with Gasteiger partial charge in [-0.05, 0) is 61.8 Å². The number of carbonyl (C=O) groups excluding carboxylic acids is 1. The van der Waals surface area contributed by atoms with Gasteiger partial charge in [0.2, 0.25) is 5.91 Å². The van der Waals surface area contributed by atoms with Gasteiger partial charge < -0.3 is 19.1 Å². The zero-order valence-corrected chi connectivity index (χ0v) is 20.8. The predicted octanol–water partition coefficient (Wildman–Crippen LogP) is 4.40. The molecule has 2 fully saturated rings. The van der Waals surface area contributed by atoms with Gasteiger partial charge >= 0.3 is 0 Å². The second-order valence-electron chi connectivity index (χ2n) is 9.49. The largest absolute Gasteiger partial charge is 0.497 e. The Labute approximate surface area is 206 Å². The lowest BCUT2D eigenvalue weighted by molar-refractivity contribution is -0.137. The van der Waals surface area contributed by atoms with Gasteiger partial charge in [0, 0.05) is 79.6 Å². The van der Waals surface area contributed by atoms with Crippen LogP contribution in [-0.2, 0) is 18.4 Å². The Morgan fingerprint density at radius 3 is 2.53 bits per heavy atom. The average molecular weight is 481 g/mol. The number of anilines is 1. The van der Waals surface area contributed by atoms with Crippen LogP contribution in [0.15, 0.2) is 48.7 Å². The number of benzene rings is 2. The second kappa shape index (κ2) is 9.88. The number of piperazine rings is 1. The maximum absolute atomic E-state index is 13.2. The zero-order chi connectivity index (χ0) is 23.7. The third-order valence-corrected chi connectivity index (χ3v) is 7.61. The van der Waals surface area contributed by atoms with Crippen LogP contribution < -0.4 is 9.64 Å². The van der Waals surface area contributed by atoms with Gasteiger partial charge in [0.1, 0.15) is 5.75 Å². The van der Waals surface area contributed by atoms with Crippen LogP contribution in [0.5, 0.6) is 5.75 Å². The molecule has 0 atom stereocenters. The second-order valence-corrected chi connectivity index (χ2v) is 9.93. The van der Waals surface area contributed by atoms with E-state index in [9.17, 15) is 4.79 Å². The summed E-state index contributed by atoms with van der Waals surface area (Å²) in [6.45, 7) is 6.11. The average Bonchev–Trinajstić information content (AvgIpc) is 3.18. The number of methoxy groups -OCH3 is 1. The van der Waals surface area contributed by atoms with Crippen LogP contribution in [0.25, 0.3) is 10.9 Å². The molecule has 0 radical (unpaired) electrons. The number of likely N-dealkylation sites (tertiary alicyclic amines) is 1. The van der Waals surface area contributed by atoms with Crippen LogP contribution >= 0.6 is 11.6 Å². The van der Waals surface area contributed by atoms with E-state index in [1.54, 1.807) is 7.11 Å². The van der Waals surface area contributed by atoms with Gasteiger partial charge in [-0.15, -0.1) is 0 Å². The molecule has 2 aliphatic heterocycles. The number of fused-ring (bicyclic) bond motifs is 1. The van der Waals surface area contributed by atoms with E-state index in [4.69, 9.17) is 16.3 Å².